The van der Waals surface area contributed by atoms with Gasteiger partial charge in [0.1, 0.15) is 0 Å². The minimum absolute atomic E-state index is 0.193. The van der Waals surface area contributed by atoms with E-state index in [2.05, 4.69) is 20.9 Å². The number of ether oxygens (including phenoxy) is 2. The molecule has 0 unspecified atom stereocenters. The maximum atomic E-state index is 5.28. The van der Waals surface area contributed by atoms with Gasteiger partial charge in [-0.15, -0.1) is 0 Å². The molecular weight excluding hydrogens is 210 g/mol. The number of halogens is 1. The summed E-state index contributed by atoms with van der Waals surface area (Å²) in [4.78, 5) is 3.05. The van der Waals surface area contributed by atoms with E-state index in [4.69, 9.17) is 9.47 Å². The highest BCUT2D eigenvalue weighted by Gasteiger charge is 2.19. The SMILES string of the molecule is Brc1c[nH]c(C2OCCO2)c1. The Hall–Kier alpha value is -0.320. The number of nitrogens with one attached hydrogen (secondary N) is 1. The predicted octanol–water partition coefficient (Wildman–Crippen LogP) is 1.82. The van der Waals surface area contributed by atoms with Crippen molar-refractivity contribution in [1.29, 1.82) is 0 Å². The molecule has 0 bridgehead atoms. The molecule has 1 N–H and O–H groups in total. The molecule has 60 valence electrons. The first-order valence-corrected chi connectivity index (χ1v) is 4.22. The molecule has 0 atom stereocenters. The third-order valence-corrected chi connectivity index (χ3v) is 2.00. The summed E-state index contributed by atoms with van der Waals surface area (Å²) in [5, 5.41) is 0. The number of hydrogen-bond acceptors (Lipinski definition) is 2. The van der Waals surface area contributed by atoms with Crippen molar-refractivity contribution in [1.82, 2.24) is 4.98 Å². The zero-order valence-electron chi connectivity index (χ0n) is 5.84. The number of aromatic amines is 1. The molecule has 0 aromatic carbocycles. The van der Waals surface area contributed by atoms with Gasteiger partial charge in [-0.25, -0.2) is 0 Å². The van der Waals surface area contributed by atoms with Crippen LogP contribution in [-0.4, -0.2) is 18.2 Å². The van der Waals surface area contributed by atoms with Crippen LogP contribution in [0.25, 0.3) is 0 Å². The van der Waals surface area contributed by atoms with E-state index in [0.717, 1.165) is 10.2 Å². The lowest BCUT2D eigenvalue weighted by atomic mass is 10.4. The van der Waals surface area contributed by atoms with Crippen molar-refractivity contribution < 1.29 is 9.47 Å². The first-order chi connectivity index (χ1) is 5.36. The zero-order valence-corrected chi connectivity index (χ0v) is 7.43. The maximum absolute atomic E-state index is 5.28. The topological polar surface area (TPSA) is 34.2 Å². The van der Waals surface area contributed by atoms with Gasteiger partial charge in [0.2, 0.25) is 0 Å². The molecule has 1 aliphatic heterocycles. The van der Waals surface area contributed by atoms with Crippen LogP contribution < -0.4 is 0 Å². The lowest BCUT2D eigenvalue weighted by Gasteiger charge is -2.04. The summed E-state index contributed by atoms with van der Waals surface area (Å²) in [7, 11) is 0. The quantitative estimate of drug-likeness (QED) is 0.780. The van der Waals surface area contributed by atoms with Gasteiger partial charge in [-0.2, -0.15) is 0 Å². The fourth-order valence-corrected chi connectivity index (χ4v) is 1.42. The second-order valence-electron chi connectivity index (χ2n) is 2.35. The normalized spacial score (nSPS) is 19.4. The van der Waals surface area contributed by atoms with E-state index in [9.17, 15) is 0 Å². The Morgan fingerprint density at radius 1 is 1.45 bits per heavy atom. The second kappa shape index (κ2) is 2.97. The van der Waals surface area contributed by atoms with E-state index in [1.54, 1.807) is 0 Å². The summed E-state index contributed by atoms with van der Waals surface area (Å²) in [6, 6.07) is 1.95. The first-order valence-electron chi connectivity index (χ1n) is 3.43. The van der Waals surface area contributed by atoms with Crippen molar-refractivity contribution in [3.05, 3.63) is 22.4 Å². The standard InChI is InChI=1S/C7H8BrNO2/c8-5-3-6(9-4-5)7-10-1-2-11-7/h3-4,7,9H,1-2H2. The van der Waals surface area contributed by atoms with Crippen molar-refractivity contribution in [3.63, 3.8) is 0 Å². The monoisotopic (exact) mass is 217 g/mol. The van der Waals surface area contributed by atoms with Crippen molar-refractivity contribution >= 4 is 15.9 Å². The van der Waals surface area contributed by atoms with Gasteiger partial charge in [0.05, 0.1) is 18.9 Å². The van der Waals surface area contributed by atoms with Gasteiger partial charge in [-0.3, -0.25) is 0 Å². The van der Waals surface area contributed by atoms with Gasteiger partial charge < -0.3 is 14.5 Å². The van der Waals surface area contributed by atoms with Crippen molar-refractivity contribution in [2.45, 2.75) is 6.29 Å². The molecule has 1 aromatic heterocycles. The zero-order chi connectivity index (χ0) is 7.68. The molecule has 4 heteroatoms. The average Bonchev–Trinajstić information content (AvgIpc) is 2.55. The van der Waals surface area contributed by atoms with Crippen LogP contribution in [0.5, 0.6) is 0 Å². The van der Waals surface area contributed by atoms with E-state index in [-0.39, 0.29) is 6.29 Å². The highest BCUT2D eigenvalue weighted by atomic mass is 79.9. The lowest BCUT2D eigenvalue weighted by molar-refractivity contribution is -0.0469. The van der Waals surface area contributed by atoms with E-state index in [1.807, 2.05) is 12.3 Å². The van der Waals surface area contributed by atoms with E-state index in [1.165, 1.54) is 0 Å². The van der Waals surface area contributed by atoms with Crippen LogP contribution in [0.2, 0.25) is 0 Å². The van der Waals surface area contributed by atoms with Crippen LogP contribution in [0.1, 0.15) is 12.0 Å². The molecule has 1 saturated heterocycles. The third kappa shape index (κ3) is 1.47. The second-order valence-corrected chi connectivity index (χ2v) is 3.26. The minimum Gasteiger partial charge on any atom is -0.360 e. The molecular formula is C7H8BrNO2. The van der Waals surface area contributed by atoms with Gasteiger partial charge in [0.25, 0.3) is 0 Å². The Bertz CT molecular complexity index is 242. The van der Waals surface area contributed by atoms with E-state index in [0.29, 0.717) is 13.2 Å². The van der Waals surface area contributed by atoms with Gasteiger partial charge in [-0.05, 0) is 22.0 Å². The molecule has 0 radical (unpaired) electrons. The summed E-state index contributed by atoms with van der Waals surface area (Å²) in [5.41, 5.74) is 0.967. The van der Waals surface area contributed by atoms with Crippen molar-refractivity contribution in [3.8, 4) is 0 Å². The molecule has 0 spiro atoms. The van der Waals surface area contributed by atoms with Crippen LogP contribution in [0.15, 0.2) is 16.7 Å². The predicted molar refractivity (Wildman–Crippen MR) is 43.1 cm³/mol. The fraction of sp³-hybridized carbons (Fsp3) is 0.429. The number of rotatable bonds is 1. The highest BCUT2D eigenvalue weighted by molar-refractivity contribution is 9.10. The Labute approximate surface area is 72.8 Å². The number of hydrogen-bond donors (Lipinski definition) is 1. The van der Waals surface area contributed by atoms with Crippen molar-refractivity contribution in [2.75, 3.05) is 13.2 Å². The fourth-order valence-electron chi connectivity index (χ4n) is 1.06. The summed E-state index contributed by atoms with van der Waals surface area (Å²) in [5.74, 6) is 0. The largest absolute Gasteiger partial charge is 0.360 e. The molecule has 2 rings (SSSR count). The third-order valence-electron chi connectivity index (χ3n) is 1.55. The molecule has 11 heavy (non-hydrogen) atoms. The van der Waals surface area contributed by atoms with Crippen LogP contribution in [0.4, 0.5) is 0 Å². The van der Waals surface area contributed by atoms with Crippen molar-refractivity contribution in [2.24, 2.45) is 0 Å². The maximum Gasteiger partial charge on any atom is 0.199 e. The van der Waals surface area contributed by atoms with Gasteiger partial charge >= 0.3 is 0 Å². The van der Waals surface area contributed by atoms with Gasteiger partial charge in [0, 0.05) is 10.7 Å². The Morgan fingerprint density at radius 2 is 2.18 bits per heavy atom. The van der Waals surface area contributed by atoms with Gasteiger partial charge in [0.15, 0.2) is 6.29 Å². The van der Waals surface area contributed by atoms with E-state index >= 15 is 0 Å². The highest BCUT2D eigenvalue weighted by Crippen LogP contribution is 2.24. The molecule has 1 aromatic rings. The summed E-state index contributed by atoms with van der Waals surface area (Å²) in [6.45, 7) is 1.36. The molecule has 0 saturated carbocycles. The Balaban J connectivity index is 2.15. The Morgan fingerprint density at radius 3 is 2.73 bits per heavy atom. The summed E-state index contributed by atoms with van der Waals surface area (Å²) >= 11 is 3.34. The van der Waals surface area contributed by atoms with Crippen LogP contribution in [-0.2, 0) is 9.47 Å². The van der Waals surface area contributed by atoms with Gasteiger partial charge in [-0.1, -0.05) is 0 Å². The average molecular weight is 218 g/mol. The summed E-state index contributed by atoms with van der Waals surface area (Å²) < 4.78 is 11.6. The summed E-state index contributed by atoms with van der Waals surface area (Å²) in [6.07, 6.45) is 1.67. The van der Waals surface area contributed by atoms with E-state index < -0.39 is 0 Å². The molecule has 2 heterocycles. The minimum atomic E-state index is -0.193. The smallest absolute Gasteiger partial charge is 0.199 e. The Kier molecular flexibility index (Phi) is 1.98. The van der Waals surface area contributed by atoms with Crippen LogP contribution in [0.3, 0.4) is 0 Å². The first kappa shape index (κ1) is 7.34. The number of H-pyrrole nitrogens is 1. The number of aromatic nitrogens is 1. The molecule has 0 amide bonds. The molecule has 3 nitrogen and oxygen atoms in total. The lowest BCUT2D eigenvalue weighted by Crippen LogP contribution is -1.97. The van der Waals surface area contributed by atoms with Crippen LogP contribution in [0, 0.1) is 0 Å². The molecule has 1 aliphatic rings. The molecule has 1 fully saturated rings. The molecule has 0 aliphatic carbocycles. The van der Waals surface area contributed by atoms with Crippen LogP contribution >= 0.6 is 15.9 Å².